The van der Waals surface area contributed by atoms with Crippen LogP contribution in [0, 0.1) is 0 Å². The predicted molar refractivity (Wildman–Crippen MR) is 79.1 cm³/mol. The molecule has 5 N–H and O–H groups in total. The summed E-state index contributed by atoms with van der Waals surface area (Å²) < 4.78 is 0. The van der Waals surface area contributed by atoms with Crippen LogP contribution in [0.15, 0.2) is 12.1 Å². The minimum Gasteiger partial charge on any atom is -0.506 e. The van der Waals surface area contributed by atoms with Crippen LogP contribution in [0.25, 0.3) is 0 Å². The molecular formula is C11H8Cl4N2O4. The van der Waals surface area contributed by atoms with Crippen molar-refractivity contribution in [2.45, 2.75) is 6.10 Å². The lowest BCUT2D eigenvalue weighted by molar-refractivity contribution is 0.0276. The number of hydrogen-bond donors (Lipinski definition) is 5. The average molecular weight is 374 g/mol. The van der Waals surface area contributed by atoms with Crippen LogP contribution in [0.3, 0.4) is 0 Å². The van der Waals surface area contributed by atoms with E-state index in [4.69, 9.17) is 46.4 Å². The Morgan fingerprint density at radius 2 is 1.71 bits per heavy atom. The van der Waals surface area contributed by atoms with Crippen LogP contribution in [0.1, 0.15) is 17.4 Å². The molecule has 0 radical (unpaired) electrons. The van der Waals surface area contributed by atoms with Gasteiger partial charge in [0, 0.05) is 10.6 Å². The first-order valence-electron chi connectivity index (χ1n) is 5.34. The van der Waals surface area contributed by atoms with E-state index in [1.165, 1.54) is 12.1 Å². The van der Waals surface area contributed by atoms with Crippen molar-refractivity contribution < 1.29 is 20.6 Å². The van der Waals surface area contributed by atoms with Gasteiger partial charge < -0.3 is 15.2 Å². The molecule has 0 aliphatic rings. The number of phenolic OH excluding ortho intramolecular Hbond substituents is 1. The molecule has 1 atom stereocenters. The standard InChI is InChI=1S/C11H8Cl4N2O4/c12-3-1-4(9(18)5(13)2-3)10(19)7-8(17(20)21)6(14)11(15)16-7/h1-2,10,16,18-21H/t10-/m0/s1. The largest absolute Gasteiger partial charge is 0.506 e. The van der Waals surface area contributed by atoms with E-state index in [0.29, 0.717) is 0 Å². The van der Waals surface area contributed by atoms with Crippen molar-refractivity contribution in [2.24, 2.45) is 0 Å². The third-order valence-electron chi connectivity index (χ3n) is 2.73. The quantitative estimate of drug-likeness (QED) is 0.523. The number of nitrogens with one attached hydrogen (secondary N) is 1. The maximum atomic E-state index is 10.3. The zero-order chi connectivity index (χ0) is 15.9. The Bertz CT molecular complexity index is 689. The SMILES string of the molecule is Oc1c(Cl)cc(Cl)cc1[C@H](O)c1[nH]c(Cl)c(Cl)c1N(O)O. The number of halogens is 4. The summed E-state index contributed by atoms with van der Waals surface area (Å²) in [6.45, 7) is 0. The minimum absolute atomic E-state index is 0.0646. The number of aromatic hydroxyl groups is 1. The maximum absolute atomic E-state index is 10.3. The van der Waals surface area contributed by atoms with Crippen LogP contribution in [0.5, 0.6) is 5.75 Å². The van der Waals surface area contributed by atoms with Crippen LogP contribution in [-0.4, -0.2) is 25.6 Å². The molecule has 1 aromatic carbocycles. The van der Waals surface area contributed by atoms with E-state index in [0.717, 1.165) is 0 Å². The van der Waals surface area contributed by atoms with Crippen molar-refractivity contribution >= 4 is 52.1 Å². The van der Waals surface area contributed by atoms with Gasteiger partial charge in [0.05, 0.1) is 10.7 Å². The second kappa shape index (κ2) is 6.10. The first-order chi connectivity index (χ1) is 9.73. The van der Waals surface area contributed by atoms with E-state index in [1.54, 1.807) is 0 Å². The monoisotopic (exact) mass is 372 g/mol. The van der Waals surface area contributed by atoms with Crippen molar-refractivity contribution in [3.05, 3.63) is 43.6 Å². The highest BCUT2D eigenvalue weighted by Crippen LogP contribution is 2.43. The fourth-order valence-corrected chi connectivity index (χ4v) is 2.72. The van der Waals surface area contributed by atoms with Crippen LogP contribution in [0.2, 0.25) is 20.2 Å². The van der Waals surface area contributed by atoms with Crippen LogP contribution < -0.4 is 5.23 Å². The number of aliphatic hydroxyl groups excluding tert-OH is 1. The average Bonchev–Trinajstić information content (AvgIpc) is 2.69. The first kappa shape index (κ1) is 16.5. The van der Waals surface area contributed by atoms with Gasteiger partial charge in [0.2, 0.25) is 0 Å². The van der Waals surface area contributed by atoms with E-state index in [-0.39, 0.29) is 42.4 Å². The van der Waals surface area contributed by atoms with Gasteiger partial charge in [-0.1, -0.05) is 46.4 Å². The van der Waals surface area contributed by atoms with Crippen molar-refractivity contribution in [1.82, 2.24) is 4.98 Å². The van der Waals surface area contributed by atoms with Crippen molar-refractivity contribution in [2.75, 3.05) is 5.23 Å². The summed E-state index contributed by atoms with van der Waals surface area (Å²) in [6.07, 6.45) is -1.54. The van der Waals surface area contributed by atoms with E-state index in [2.05, 4.69) is 4.98 Å². The maximum Gasteiger partial charge on any atom is 0.140 e. The Labute approximate surface area is 138 Å². The fourth-order valence-electron chi connectivity index (χ4n) is 1.80. The molecule has 2 aromatic rings. The van der Waals surface area contributed by atoms with Gasteiger partial charge in [0.25, 0.3) is 0 Å². The van der Waals surface area contributed by atoms with E-state index in [1.807, 2.05) is 0 Å². The molecule has 6 nitrogen and oxygen atoms in total. The molecule has 0 unspecified atom stereocenters. The molecule has 1 heterocycles. The molecule has 10 heteroatoms. The highest BCUT2D eigenvalue weighted by molar-refractivity contribution is 6.43. The van der Waals surface area contributed by atoms with Crippen LogP contribution in [-0.2, 0) is 0 Å². The molecule has 0 aliphatic carbocycles. The Hall–Kier alpha value is -0.860. The normalized spacial score (nSPS) is 12.5. The molecule has 0 aliphatic heterocycles. The van der Waals surface area contributed by atoms with Gasteiger partial charge in [-0.25, -0.2) is 0 Å². The molecule has 1 aromatic heterocycles. The van der Waals surface area contributed by atoms with Gasteiger partial charge in [-0.2, -0.15) is 0 Å². The third-order valence-corrected chi connectivity index (χ3v) is 3.98. The second-order valence-corrected chi connectivity index (χ2v) is 5.63. The summed E-state index contributed by atoms with van der Waals surface area (Å²) in [6, 6.07) is 2.55. The van der Waals surface area contributed by atoms with Gasteiger partial charge in [-0.3, -0.25) is 10.4 Å². The molecule has 2 rings (SSSR count). The number of hydrogen-bond acceptors (Lipinski definition) is 5. The van der Waals surface area contributed by atoms with Crippen LogP contribution >= 0.6 is 46.4 Å². The molecule has 21 heavy (non-hydrogen) atoms. The zero-order valence-corrected chi connectivity index (χ0v) is 13.0. The van der Waals surface area contributed by atoms with Gasteiger partial charge in [0.15, 0.2) is 0 Å². The number of phenols is 1. The molecular weight excluding hydrogens is 366 g/mol. The number of nitrogens with zero attached hydrogens (tertiary/aromatic N) is 1. The summed E-state index contributed by atoms with van der Waals surface area (Å²) in [7, 11) is 0. The lowest BCUT2D eigenvalue weighted by Crippen LogP contribution is -2.15. The van der Waals surface area contributed by atoms with Gasteiger partial charge in [0.1, 0.15) is 27.7 Å². The minimum atomic E-state index is -1.54. The Balaban J connectivity index is 2.61. The van der Waals surface area contributed by atoms with E-state index < -0.39 is 11.9 Å². The summed E-state index contributed by atoms with van der Waals surface area (Å²) in [5.74, 6) is -0.413. The molecule has 0 spiro atoms. The van der Waals surface area contributed by atoms with E-state index in [9.17, 15) is 20.6 Å². The number of rotatable bonds is 3. The Morgan fingerprint density at radius 3 is 2.29 bits per heavy atom. The Morgan fingerprint density at radius 1 is 1.10 bits per heavy atom. The van der Waals surface area contributed by atoms with E-state index >= 15 is 0 Å². The van der Waals surface area contributed by atoms with Gasteiger partial charge in [-0.05, 0) is 12.1 Å². The highest BCUT2D eigenvalue weighted by Gasteiger charge is 2.27. The lowest BCUT2D eigenvalue weighted by atomic mass is 10.0. The number of aliphatic hydroxyl groups is 1. The summed E-state index contributed by atoms with van der Waals surface area (Å²) in [5, 5.41) is 38.0. The molecule has 0 saturated carbocycles. The van der Waals surface area contributed by atoms with Crippen molar-refractivity contribution in [1.29, 1.82) is 0 Å². The topological polar surface area (TPSA) is 100.0 Å². The second-order valence-electron chi connectivity index (χ2n) is 4.03. The number of benzene rings is 1. The molecule has 0 amide bonds. The molecule has 0 fully saturated rings. The summed E-state index contributed by atoms with van der Waals surface area (Å²) in [5.41, 5.74) is -0.599. The smallest absolute Gasteiger partial charge is 0.140 e. The zero-order valence-electron chi connectivity index (χ0n) is 9.98. The predicted octanol–water partition coefficient (Wildman–Crippen LogP) is 4.00. The number of H-pyrrole nitrogens is 1. The lowest BCUT2D eigenvalue weighted by Gasteiger charge is -2.16. The Kier molecular flexibility index (Phi) is 4.79. The summed E-state index contributed by atoms with van der Waals surface area (Å²) >= 11 is 23.1. The third kappa shape index (κ3) is 3.02. The first-order valence-corrected chi connectivity index (χ1v) is 6.86. The van der Waals surface area contributed by atoms with Crippen LogP contribution in [0.4, 0.5) is 5.69 Å². The van der Waals surface area contributed by atoms with Gasteiger partial charge >= 0.3 is 0 Å². The fraction of sp³-hybridized carbons (Fsp3) is 0.0909. The highest BCUT2D eigenvalue weighted by atomic mass is 35.5. The van der Waals surface area contributed by atoms with Gasteiger partial charge in [-0.15, -0.1) is 5.23 Å². The summed E-state index contributed by atoms with van der Waals surface area (Å²) in [4.78, 5) is 2.48. The molecule has 0 bridgehead atoms. The molecule has 114 valence electrons. The number of aromatic nitrogens is 1. The number of anilines is 1. The molecule has 0 saturated heterocycles. The van der Waals surface area contributed by atoms with Crippen molar-refractivity contribution in [3.63, 3.8) is 0 Å². The number of aromatic amines is 1. The van der Waals surface area contributed by atoms with Crippen molar-refractivity contribution in [3.8, 4) is 5.75 Å².